The lowest BCUT2D eigenvalue weighted by Gasteiger charge is -2.34. The number of ether oxygens (including phenoxy) is 1. The van der Waals surface area contributed by atoms with Crippen LogP contribution in [0.25, 0.3) is 0 Å². The van der Waals surface area contributed by atoms with Gasteiger partial charge in [-0.15, -0.1) is 0 Å². The summed E-state index contributed by atoms with van der Waals surface area (Å²) < 4.78 is 5.84. The van der Waals surface area contributed by atoms with Crippen LogP contribution in [0.3, 0.4) is 0 Å². The summed E-state index contributed by atoms with van der Waals surface area (Å²) in [6.07, 6.45) is 0.265. The fraction of sp³-hybridized carbons (Fsp3) is 0.611. The van der Waals surface area contributed by atoms with Crippen molar-refractivity contribution in [1.82, 2.24) is 10.2 Å². The Labute approximate surface area is 139 Å². The molecule has 5 heteroatoms. The van der Waals surface area contributed by atoms with Crippen LogP contribution in [0.2, 0.25) is 0 Å². The number of morpholine rings is 1. The minimum atomic E-state index is -0.0451. The van der Waals surface area contributed by atoms with E-state index < -0.39 is 0 Å². The van der Waals surface area contributed by atoms with E-state index in [0.717, 1.165) is 45.0 Å². The van der Waals surface area contributed by atoms with Crippen LogP contribution in [0.5, 0.6) is 0 Å². The summed E-state index contributed by atoms with van der Waals surface area (Å²) in [5.74, 6) is 0.653. The Balaban J connectivity index is 1.71. The van der Waals surface area contributed by atoms with Crippen LogP contribution in [-0.4, -0.2) is 49.7 Å². The summed E-state index contributed by atoms with van der Waals surface area (Å²) in [4.78, 5) is 13.5. The summed E-state index contributed by atoms with van der Waals surface area (Å²) >= 11 is 0. The highest BCUT2D eigenvalue weighted by atomic mass is 16.5. The molecule has 1 aliphatic heterocycles. The molecule has 0 radical (unpaired) electrons. The van der Waals surface area contributed by atoms with Gasteiger partial charge in [0.1, 0.15) is 0 Å². The van der Waals surface area contributed by atoms with Crippen molar-refractivity contribution in [3.8, 4) is 0 Å². The zero-order chi connectivity index (χ0) is 16.7. The summed E-state index contributed by atoms with van der Waals surface area (Å²) in [5, 5.41) is 6.24. The lowest BCUT2D eigenvalue weighted by Crippen LogP contribution is -2.47. The Kier molecular flexibility index (Phi) is 7.02. The Morgan fingerprint density at radius 3 is 2.74 bits per heavy atom. The van der Waals surface area contributed by atoms with Crippen LogP contribution in [0.4, 0.5) is 5.69 Å². The fourth-order valence-corrected chi connectivity index (χ4v) is 2.87. The largest absolute Gasteiger partial charge is 0.374 e. The minimum Gasteiger partial charge on any atom is -0.374 e. The summed E-state index contributed by atoms with van der Waals surface area (Å²) in [6, 6.07) is 7.93. The van der Waals surface area contributed by atoms with E-state index in [1.807, 2.05) is 24.3 Å². The number of hydrogen-bond donors (Lipinski definition) is 2. The second-order valence-corrected chi connectivity index (χ2v) is 6.66. The van der Waals surface area contributed by atoms with E-state index in [9.17, 15) is 4.79 Å². The first kappa shape index (κ1) is 17.9. The van der Waals surface area contributed by atoms with Crippen LogP contribution < -0.4 is 10.6 Å². The molecule has 1 fully saturated rings. The Bertz CT molecular complexity index is 488. The third-order valence-corrected chi connectivity index (χ3v) is 3.82. The van der Waals surface area contributed by atoms with Gasteiger partial charge in [0, 0.05) is 45.3 Å². The van der Waals surface area contributed by atoms with E-state index in [4.69, 9.17) is 4.74 Å². The maximum Gasteiger partial charge on any atom is 0.221 e. The van der Waals surface area contributed by atoms with Gasteiger partial charge in [-0.1, -0.05) is 26.0 Å². The first-order valence-electron chi connectivity index (χ1n) is 8.44. The van der Waals surface area contributed by atoms with Crippen molar-refractivity contribution in [2.45, 2.75) is 33.4 Å². The molecule has 23 heavy (non-hydrogen) atoms. The highest BCUT2D eigenvalue weighted by Gasteiger charge is 2.20. The van der Waals surface area contributed by atoms with Crippen LogP contribution in [0.15, 0.2) is 24.3 Å². The Morgan fingerprint density at radius 1 is 1.35 bits per heavy atom. The summed E-state index contributed by atoms with van der Waals surface area (Å²) in [5.41, 5.74) is 2.04. The highest BCUT2D eigenvalue weighted by molar-refractivity contribution is 5.88. The molecule has 2 N–H and O–H groups in total. The monoisotopic (exact) mass is 319 g/mol. The molecule has 1 amide bonds. The second kappa shape index (κ2) is 9.01. The highest BCUT2D eigenvalue weighted by Crippen LogP contribution is 2.10. The van der Waals surface area contributed by atoms with E-state index in [1.165, 1.54) is 12.5 Å². The smallest absolute Gasteiger partial charge is 0.221 e. The molecule has 0 aliphatic carbocycles. The molecule has 0 spiro atoms. The maximum absolute atomic E-state index is 11.0. The molecule has 1 atom stereocenters. The van der Waals surface area contributed by atoms with Gasteiger partial charge in [-0.3, -0.25) is 9.69 Å². The lowest BCUT2D eigenvalue weighted by molar-refractivity contribution is -0.114. The van der Waals surface area contributed by atoms with Crippen molar-refractivity contribution in [3.63, 3.8) is 0 Å². The van der Waals surface area contributed by atoms with Crippen molar-refractivity contribution in [2.24, 2.45) is 5.92 Å². The van der Waals surface area contributed by atoms with Gasteiger partial charge in [-0.2, -0.15) is 0 Å². The predicted molar refractivity (Wildman–Crippen MR) is 93.5 cm³/mol. The zero-order valence-electron chi connectivity index (χ0n) is 14.5. The molecule has 0 bridgehead atoms. The molecule has 1 aromatic rings. The molecule has 1 heterocycles. The van der Waals surface area contributed by atoms with Gasteiger partial charge in [0.2, 0.25) is 5.91 Å². The standard InChI is InChI=1S/C18H29N3O2/c1-14(2)12-21-8-9-23-18(13-21)11-19-10-16-4-6-17(7-5-16)20-15(3)22/h4-7,14,18-19H,8-13H2,1-3H3,(H,20,22). The van der Waals surface area contributed by atoms with E-state index in [0.29, 0.717) is 5.92 Å². The number of benzene rings is 1. The topological polar surface area (TPSA) is 53.6 Å². The van der Waals surface area contributed by atoms with Crippen molar-refractivity contribution < 1.29 is 9.53 Å². The summed E-state index contributed by atoms with van der Waals surface area (Å²) in [6.45, 7) is 11.7. The van der Waals surface area contributed by atoms with Gasteiger partial charge in [0.25, 0.3) is 0 Å². The molecular weight excluding hydrogens is 290 g/mol. The number of anilines is 1. The Morgan fingerprint density at radius 2 is 2.09 bits per heavy atom. The molecule has 2 rings (SSSR count). The molecule has 1 aliphatic rings. The minimum absolute atomic E-state index is 0.0451. The van der Waals surface area contributed by atoms with E-state index >= 15 is 0 Å². The third-order valence-electron chi connectivity index (χ3n) is 3.82. The third kappa shape index (κ3) is 6.69. The van der Waals surface area contributed by atoms with E-state index in [2.05, 4.69) is 29.4 Å². The van der Waals surface area contributed by atoms with Crippen molar-refractivity contribution in [1.29, 1.82) is 0 Å². The summed E-state index contributed by atoms with van der Waals surface area (Å²) in [7, 11) is 0. The zero-order valence-corrected chi connectivity index (χ0v) is 14.5. The first-order chi connectivity index (χ1) is 11.0. The van der Waals surface area contributed by atoms with Gasteiger partial charge >= 0.3 is 0 Å². The maximum atomic E-state index is 11.0. The van der Waals surface area contributed by atoms with Crippen LogP contribution in [0.1, 0.15) is 26.3 Å². The van der Waals surface area contributed by atoms with Gasteiger partial charge < -0.3 is 15.4 Å². The van der Waals surface area contributed by atoms with Crippen LogP contribution in [-0.2, 0) is 16.1 Å². The van der Waals surface area contributed by atoms with Crippen LogP contribution in [0, 0.1) is 5.92 Å². The molecule has 1 unspecified atom stereocenters. The number of hydrogen-bond acceptors (Lipinski definition) is 4. The fourth-order valence-electron chi connectivity index (χ4n) is 2.87. The second-order valence-electron chi connectivity index (χ2n) is 6.66. The number of carbonyl (C=O) groups excluding carboxylic acids is 1. The Hall–Kier alpha value is -1.43. The van der Waals surface area contributed by atoms with Gasteiger partial charge in [-0.25, -0.2) is 0 Å². The molecule has 128 valence electrons. The number of nitrogens with zero attached hydrogens (tertiary/aromatic N) is 1. The quantitative estimate of drug-likeness (QED) is 0.808. The van der Waals surface area contributed by atoms with Gasteiger partial charge in [0.05, 0.1) is 12.7 Å². The molecular formula is C18H29N3O2. The molecule has 1 saturated heterocycles. The number of amides is 1. The first-order valence-corrected chi connectivity index (χ1v) is 8.44. The van der Waals surface area contributed by atoms with Crippen molar-refractivity contribution >= 4 is 11.6 Å². The predicted octanol–water partition coefficient (Wildman–Crippen LogP) is 2.09. The van der Waals surface area contributed by atoms with Gasteiger partial charge in [0.15, 0.2) is 0 Å². The molecule has 0 aromatic heterocycles. The normalized spacial score (nSPS) is 19.0. The van der Waals surface area contributed by atoms with Gasteiger partial charge in [-0.05, 0) is 23.6 Å². The number of rotatable bonds is 7. The van der Waals surface area contributed by atoms with Crippen LogP contribution >= 0.6 is 0 Å². The molecule has 0 saturated carbocycles. The lowest BCUT2D eigenvalue weighted by atomic mass is 10.1. The molecule has 5 nitrogen and oxygen atoms in total. The number of carbonyl (C=O) groups is 1. The average Bonchev–Trinajstić information content (AvgIpc) is 2.48. The SMILES string of the molecule is CC(=O)Nc1ccc(CNCC2CN(CC(C)C)CCO2)cc1. The average molecular weight is 319 g/mol. The molecule has 1 aromatic carbocycles. The van der Waals surface area contributed by atoms with Crippen molar-refractivity contribution in [3.05, 3.63) is 29.8 Å². The van der Waals surface area contributed by atoms with E-state index in [-0.39, 0.29) is 12.0 Å². The number of nitrogens with one attached hydrogen (secondary N) is 2. The van der Waals surface area contributed by atoms with E-state index in [1.54, 1.807) is 0 Å². The van der Waals surface area contributed by atoms with Crippen molar-refractivity contribution in [2.75, 3.05) is 38.1 Å².